The minimum atomic E-state index is -0.538. The molecule has 1 saturated carbocycles. The van der Waals surface area contributed by atoms with Crippen LogP contribution >= 0.6 is 0 Å². The first kappa shape index (κ1) is 21.0. The summed E-state index contributed by atoms with van der Waals surface area (Å²) in [5.74, 6) is -0.538. The fourth-order valence-electron chi connectivity index (χ4n) is 4.45. The normalized spacial score (nSPS) is 24.2. The molecule has 1 aliphatic heterocycles. The Hall–Kier alpha value is -1.73. The van der Waals surface area contributed by atoms with Gasteiger partial charge in [0.25, 0.3) is 5.69 Å². The lowest BCUT2D eigenvalue weighted by molar-refractivity contribution is -0.384. The van der Waals surface area contributed by atoms with Gasteiger partial charge in [0.2, 0.25) is 0 Å². The predicted octanol–water partition coefficient (Wildman–Crippen LogP) is 4.66. The Balaban J connectivity index is 1.55. The van der Waals surface area contributed by atoms with Crippen LogP contribution in [0, 0.1) is 22.9 Å². The third kappa shape index (κ3) is 5.20. The van der Waals surface area contributed by atoms with Crippen LogP contribution in [0.15, 0.2) is 12.1 Å². The zero-order valence-electron chi connectivity index (χ0n) is 17.0. The lowest BCUT2D eigenvalue weighted by atomic mass is 9.90. The van der Waals surface area contributed by atoms with Crippen molar-refractivity contribution in [3.8, 4) is 0 Å². The monoisotopic (exact) mass is 393 g/mol. The molecule has 1 aromatic carbocycles. The lowest BCUT2D eigenvalue weighted by Gasteiger charge is -2.41. The van der Waals surface area contributed by atoms with E-state index in [0.717, 1.165) is 51.4 Å². The first-order valence-electron chi connectivity index (χ1n) is 10.5. The van der Waals surface area contributed by atoms with Crippen LogP contribution in [0.2, 0.25) is 0 Å². The van der Waals surface area contributed by atoms with Crippen molar-refractivity contribution in [2.75, 3.05) is 25.0 Å². The average Bonchev–Trinajstić information content (AvgIpc) is 2.69. The van der Waals surface area contributed by atoms with Crippen molar-refractivity contribution >= 4 is 11.4 Å². The SMILES string of the molecule is CCCO[C@H]1CCC[C@@H](N2CCC(Nc3cc(C)c(F)cc3[N+](=O)[O-])CC2)C1. The summed E-state index contributed by atoms with van der Waals surface area (Å²) in [7, 11) is 0. The van der Waals surface area contributed by atoms with E-state index in [1.54, 1.807) is 13.0 Å². The molecule has 2 fully saturated rings. The number of aryl methyl sites for hydroxylation is 1. The van der Waals surface area contributed by atoms with Gasteiger partial charge in [-0.1, -0.05) is 6.92 Å². The van der Waals surface area contributed by atoms with Gasteiger partial charge in [-0.3, -0.25) is 10.1 Å². The molecule has 3 rings (SSSR count). The highest BCUT2D eigenvalue weighted by atomic mass is 19.1. The lowest BCUT2D eigenvalue weighted by Crippen LogP contribution is -2.47. The van der Waals surface area contributed by atoms with Crippen LogP contribution in [-0.4, -0.2) is 47.7 Å². The fourth-order valence-corrected chi connectivity index (χ4v) is 4.45. The zero-order chi connectivity index (χ0) is 20.1. The van der Waals surface area contributed by atoms with E-state index < -0.39 is 10.7 Å². The number of rotatable bonds is 7. The van der Waals surface area contributed by atoms with Gasteiger partial charge in [-0.2, -0.15) is 0 Å². The van der Waals surface area contributed by atoms with Crippen LogP contribution < -0.4 is 5.32 Å². The van der Waals surface area contributed by atoms with E-state index in [1.807, 2.05) is 0 Å². The molecule has 7 heteroatoms. The minimum Gasteiger partial charge on any atom is -0.378 e. The van der Waals surface area contributed by atoms with Gasteiger partial charge in [-0.05, 0) is 63.5 Å². The number of anilines is 1. The fraction of sp³-hybridized carbons (Fsp3) is 0.714. The number of nitrogens with one attached hydrogen (secondary N) is 1. The molecular formula is C21H32FN3O3. The first-order valence-corrected chi connectivity index (χ1v) is 10.5. The molecule has 1 aromatic rings. The Bertz CT molecular complexity index is 677. The van der Waals surface area contributed by atoms with Crippen LogP contribution in [0.1, 0.15) is 57.4 Å². The number of benzene rings is 1. The van der Waals surface area contributed by atoms with Crippen molar-refractivity contribution in [1.29, 1.82) is 0 Å². The van der Waals surface area contributed by atoms with Crippen molar-refractivity contribution in [3.05, 3.63) is 33.6 Å². The number of ether oxygens (including phenoxy) is 1. The Morgan fingerprint density at radius 1 is 1.29 bits per heavy atom. The second kappa shape index (κ2) is 9.65. The van der Waals surface area contributed by atoms with Gasteiger partial charge in [0.05, 0.1) is 17.1 Å². The summed E-state index contributed by atoms with van der Waals surface area (Å²) in [5, 5.41) is 14.6. The van der Waals surface area contributed by atoms with Crippen LogP contribution in [0.5, 0.6) is 0 Å². The molecule has 2 aliphatic rings. The predicted molar refractivity (Wildman–Crippen MR) is 108 cm³/mol. The zero-order valence-corrected chi connectivity index (χ0v) is 17.0. The molecule has 1 N–H and O–H groups in total. The largest absolute Gasteiger partial charge is 0.378 e. The number of nitrogens with zero attached hydrogens (tertiary/aromatic N) is 2. The maximum Gasteiger partial charge on any atom is 0.295 e. The van der Waals surface area contributed by atoms with Crippen LogP contribution in [0.4, 0.5) is 15.8 Å². The number of hydrogen-bond donors (Lipinski definition) is 1. The molecule has 2 atom stereocenters. The Labute approximate surface area is 166 Å². The highest BCUT2D eigenvalue weighted by Crippen LogP contribution is 2.31. The van der Waals surface area contributed by atoms with Gasteiger partial charge in [0.1, 0.15) is 11.5 Å². The third-order valence-corrected chi connectivity index (χ3v) is 6.04. The number of nitro groups is 1. The summed E-state index contributed by atoms with van der Waals surface area (Å²) in [6.07, 6.45) is 8.05. The smallest absolute Gasteiger partial charge is 0.295 e. The number of nitro benzene ring substituents is 1. The van der Waals surface area contributed by atoms with E-state index in [4.69, 9.17) is 4.74 Å². The van der Waals surface area contributed by atoms with E-state index in [0.29, 0.717) is 23.4 Å². The maximum absolute atomic E-state index is 13.7. The van der Waals surface area contributed by atoms with Crippen LogP contribution in [0.3, 0.4) is 0 Å². The van der Waals surface area contributed by atoms with E-state index in [1.165, 1.54) is 19.3 Å². The molecule has 1 saturated heterocycles. The Morgan fingerprint density at radius 3 is 2.71 bits per heavy atom. The summed E-state index contributed by atoms with van der Waals surface area (Å²) >= 11 is 0. The summed E-state index contributed by atoms with van der Waals surface area (Å²) in [5.41, 5.74) is 0.660. The molecule has 1 heterocycles. The van der Waals surface area contributed by atoms with E-state index in [9.17, 15) is 14.5 Å². The molecule has 0 amide bonds. The Morgan fingerprint density at radius 2 is 2.04 bits per heavy atom. The van der Waals surface area contributed by atoms with Gasteiger partial charge in [-0.15, -0.1) is 0 Å². The summed E-state index contributed by atoms with van der Waals surface area (Å²) in [6, 6.07) is 3.33. The average molecular weight is 394 g/mol. The first-order chi connectivity index (χ1) is 13.5. The van der Waals surface area contributed by atoms with Crippen molar-refractivity contribution in [1.82, 2.24) is 4.90 Å². The van der Waals surface area contributed by atoms with Gasteiger partial charge in [0, 0.05) is 31.8 Å². The van der Waals surface area contributed by atoms with Crippen molar-refractivity contribution in [2.24, 2.45) is 0 Å². The molecule has 156 valence electrons. The van der Waals surface area contributed by atoms with Gasteiger partial charge in [0.15, 0.2) is 0 Å². The number of likely N-dealkylation sites (tertiary alicyclic amines) is 1. The molecule has 28 heavy (non-hydrogen) atoms. The number of piperidine rings is 1. The van der Waals surface area contributed by atoms with Crippen molar-refractivity contribution in [2.45, 2.75) is 77.0 Å². The maximum atomic E-state index is 13.7. The van der Waals surface area contributed by atoms with Crippen molar-refractivity contribution < 1.29 is 14.1 Å². The van der Waals surface area contributed by atoms with Gasteiger partial charge < -0.3 is 15.0 Å². The minimum absolute atomic E-state index is 0.176. The van der Waals surface area contributed by atoms with E-state index in [-0.39, 0.29) is 11.7 Å². The van der Waals surface area contributed by atoms with E-state index >= 15 is 0 Å². The molecule has 0 spiro atoms. The molecule has 0 aromatic heterocycles. The van der Waals surface area contributed by atoms with E-state index in [2.05, 4.69) is 17.1 Å². The Kier molecular flexibility index (Phi) is 7.24. The summed E-state index contributed by atoms with van der Waals surface area (Å²) in [4.78, 5) is 13.3. The number of hydrogen-bond acceptors (Lipinski definition) is 5. The highest BCUT2D eigenvalue weighted by molar-refractivity contribution is 5.63. The molecule has 0 bridgehead atoms. The number of halogens is 1. The molecule has 0 radical (unpaired) electrons. The second-order valence-electron chi connectivity index (χ2n) is 8.14. The van der Waals surface area contributed by atoms with Gasteiger partial charge >= 0.3 is 0 Å². The van der Waals surface area contributed by atoms with Crippen LogP contribution in [-0.2, 0) is 4.74 Å². The molecule has 1 aliphatic carbocycles. The standard InChI is InChI=1S/C21H32FN3O3/c1-3-11-28-18-6-4-5-17(13-18)24-9-7-16(8-10-24)23-20-12-15(2)19(22)14-21(20)25(26)27/h12,14,16-18,23H,3-11,13H2,1-2H3/t17-,18+/m1/s1. The van der Waals surface area contributed by atoms with Crippen molar-refractivity contribution in [3.63, 3.8) is 0 Å². The highest BCUT2D eigenvalue weighted by Gasteiger charge is 2.30. The quantitative estimate of drug-likeness (QED) is 0.539. The second-order valence-corrected chi connectivity index (χ2v) is 8.14. The molecule has 0 unspecified atom stereocenters. The topological polar surface area (TPSA) is 67.6 Å². The van der Waals surface area contributed by atoms with Gasteiger partial charge in [-0.25, -0.2) is 4.39 Å². The third-order valence-electron chi connectivity index (χ3n) is 6.04. The van der Waals surface area contributed by atoms with Crippen LogP contribution in [0.25, 0.3) is 0 Å². The molecule has 6 nitrogen and oxygen atoms in total. The molecular weight excluding hydrogens is 361 g/mol. The summed E-state index contributed by atoms with van der Waals surface area (Å²) < 4.78 is 19.7. The summed E-state index contributed by atoms with van der Waals surface area (Å²) in [6.45, 7) is 6.59.